The topological polar surface area (TPSA) is 111 Å². The van der Waals surface area contributed by atoms with Crippen LogP contribution in [0, 0.1) is 0 Å². The number of amides is 1. The molecule has 0 aliphatic carbocycles. The second-order valence-electron chi connectivity index (χ2n) is 7.28. The van der Waals surface area contributed by atoms with Gasteiger partial charge in [-0.1, -0.05) is 0 Å². The lowest BCUT2D eigenvalue weighted by Crippen LogP contribution is -2.43. The number of methoxy groups -OCH3 is 2. The van der Waals surface area contributed by atoms with Crippen molar-refractivity contribution in [2.75, 3.05) is 32.7 Å². The molecule has 0 spiro atoms. The van der Waals surface area contributed by atoms with E-state index in [0.29, 0.717) is 17.0 Å². The summed E-state index contributed by atoms with van der Waals surface area (Å²) in [5, 5.41) is 2.42. The quantitative estimate of drug-likeness (QED) is 0.429. The maximum Gasteiger partial charge on any atom is 0.338 e. The molecule has 0 radical (unpaired) electrons. The Morgan fingerprint density at radius 3 is 2.36 bits per heavy atom. The van der Waals surface area contributed by atoms with Crippen LogP contribution in [-0.4, -0.2) is 63.3 Å². The summed E-state index contributed by atoms with van der Waals surface area (Å²) >= 11 is 4.42. The molecule has 1 heterocycles. The second-order valence-corrected chi connectivity index (χ2v) is 9.90. The molecule has 2 aromatic carbocycles. The second kappa shape index (κ2) is 10.4. The molecule has 0 unspecified atom stereocenters. The molecule has 9 nitrogen and oxygen atoms in total. The predicted molar refractivity (Wildman–Crippen MR) is 126 cm³/mol. The van der Waals surface area contributed by atoms with Crippen LogP contribution in [0.3, 0.4) is 0 Å². The van der Waals surface area contributed by atoms with Crippen LogP contribution in [0.25, 0.3) is 0 Å². The summed E-state index contributed by atoms with van der Waals surface area (Å²) < 4.78 is 43.2. The van der Waals surface area contributed by atoms with Crippen molar-refractivity contribution in [1.82, 2.24) is 4.31 Å². The van der Waals surface area contributed by atoms with E-state index >= 15 is 0 Å². The van der Waals surface area contributed by atoms with Gasteiger partial charge in [0.05, 0.1) is 31.3 Å². The monoisotopic (exact) mass is 494 g/mol. The van der Waals surface area contributed by atoms with Gasteiger partial charge in [-0.25, -0.2) is 13.2 Å². The third-order valence-corrected chi connectivity index (χ3v) is 7.41. The van der Waals surface area contributed by atoms with Crippen LogP contribution < -0.4 is 14.8 Å². The average molecular weight is 495 g/mol. The molecule has 1 amide bonds. The lowest BCUT2D eigenvalue weighted by molar-refractivity contribution is -0.119. The Hall–Kier alpha value is -2.76. The first kappa shape index (κ1) is 24.9. The number of benzene rings is 2. The van der Waals surface area contributed by atoms with Gasteiger partial charge in [0.1, 0.15) is 6.04 Å². The standard InChI is InChI=1S/C22H26N2O7S2/c1-4-31-22(26)14-5-7-15(8-6-14)23-21(25)18-11-16(32)13-24(18)33(27,28)17-9-10-19(29-2)20(12-17)30-3/h5-10,12,16,18,32H,4,11,13H2,1-3H3,(H,23,25)/t16-,18-/m0/s1. The third-order valence-electron chi connectivity index (χ3n) is 5.16. The van der Waals surface area contributed by atoms with Crippen molar-refractivity contribution in [3.05, 3.63) is 48.0 Å². The highest BCUT2D eigenvalue weighted by Gasteiger charge is 2.43. The molecule has 33 heavy (non-hydrogen) atoms. The number of esters is 1. The zero-order chi connectivity index (χ0) is 24.2. The van der Waals surface area contributed by atoms with E-state index in [2.05, 4.69) is 17.9 Å². The maximum atomic E-state index is 13.4. The van der Waals surface area contributed by atoms with Crippen LogP contribution in [0.4, 0.5) is 5.69 Å². The smallest absolute Gasteiger partial charge is 0.338 e. The summed E-state index contributed by atoms with van der Waals surface area (Å²) in [5.41, 5.74) is 0.780. The average Bonchev–Trinajstić information content (AvgIpc) is 3.22. The fourth-order valence-corrected chi connectivity index (χ4v) is 5.68. The molecular formula is C22H26N2O7S2. The van der Waals surface area contributed by atoms with E-state index < -0.39 is 27.9 Å². The zero-order valence-corrected chi connectivity index (χ0v) is 20.2. The first-order valence-electron chi connectivity index (χ1n) is 10.2. The molecule has 11 heteroatoms. The van der Waals surface area contributed by atoms with Crippen molar-refractivity contribution in [2.24, 2.45) is 0 Å². The van der Waals surface area contributed by atoms with Crippen molar-refractivity contribution in [3.8, 4) is 11.5 Å². The van der Waals surface area contributed by atoms with Crippen molar-refractivity contribution in [3.63, 3.8) is 0 Å². The zero-order valence-electron chi connectivity index (χ0n) is 18.5. The van der Waals surface area contributed by atoms with Crippen LogP contribution >= 0.6 is 12.6 Å². The Balaban J connectivity index is 1.81. The number of carbonyl (C=O) groups is 2. The number of ether oxygens (including phenoxy) is 3. The number of rotatable bonds is 8. The van der Waals surface area contributed by atoms with E-state index in [9.17, 15) is 18.0 Å². The highest BCUT2D eigenvalue weighted by Crippen LogP contribution is 2.34. The fourth-order valence-electron chi connectivity index (χ4n) is 3.53. The molecule has 1 aliphatic heterocycles. The van der Waals surface area contributed by atoms with Gasteiger partial charge >= 0.3 is 5.97 Å². The summed E-state index contributed by atoms with van der Waals surface area (Å²) in [4.78, 5) is 24.8. The van der Waals surface area contributed by atoms with Gasteiger partial charge in [0.25, 0.3) is 0 Å². The Labute approximate surface area is 198 Å². The fraction of sp³-hybridized carbons (Fsp3) is 0.364. The number of carbonyl (C=O) groups excluding carboxylic acids is 2. The highest BCUT2D eigenvalue weighted by molar-refractivity contribution is 7.89. The molecule has 2 atom stereocenters. The summed E-state index contributed by atoms with van der Waals surface area (Å²) in [6, 6.07) is 9.50. The molecule has 1 fully saturated rings. The Kier molecular flexibility index (Phi) is 7.88. The van der Waals surface area contributed by atoms with Gasteiger partial charge in [0.2, 0.25) is 15.9 Å². The molecule has 0 aromatic heterocycles. The maximum absolute atomic E-state index is 13.4. The minimum Gasteiger partial charge on any atom is -0.493 e. The summed E-state index contributed by atoms with van der Waals surface area (Å²) in [6.45, 7) is 2.05. The largest absolute Gasteiger partial charge is 0.493 e. The number of sulfonamides is 1. The first-order chi connectivity index (χ1) is 15.7. The molecule has 3 rings (SSSR count). The normalized spacial score (nSPS) is 18.5. The van der Waals surface area contributed by atoms with Crippen molar-refractivity contribution in [2.45, 2.75) is 29.5 Å². The molecule has 2 aromatic rings. The summed E-state index contributed by atoms with van der Waals surface area (Å²) in [7, 11) is -1.14. The lowest BCUT2D eigenvalue weighted by atomic mass is 10.2. The van der Waals surface area contributed by atoms with Crippen LogP contribution in [0.1, 0.15) is 23.7 Å². The highest BCUT2D eigenvalue weighted by atomic mass is 32.2. The molecule has 1 N–H and O–H groups in total. The Morgan fingerprint density at radius 1 is 1.09 bits per heavy atom. The van der Waals surface area contributed by atoms with Crippen LogP contribution in [-0.2, 0) is 19.6 Å². The van der Waals surface area contributed by atoms with Crippen molar-refractivity contribution in [1.29, 1.82) is 0 Å². The summed E-state index contributed by atoms with van der Waals surface area (Å²) in [5.74, 6) is -0.288. The van der Waals surface area contributed by atoms with Gasteiger partial charge in [-0.05, 0) is 49.7 Å². The van der Waals surface area contributed by atoms with Gasteiger partial charge in [-0.15, -0.1) is 0 Å². The molecule has 0 bridgehead atoms. The Bertz CT molecular complexity index is 1120. The number of hydrogen-bond donors (Lipinski definition) is 2. The molecule has 1 aliphatic rings. The predicted octanol–water partition coefficient (Wildman–Crippen LogP) is 2.58. The number of hydrogen-bond acceptors (Lipinski definition) is 8. The molecule has 0 saturated carbocycles. The van der Waals surface area contributed by atoms with Crippen LogP contribution in [0.2, 0.25) is 0 Å². The van der Waals surface area contributed by atoms with Crippen molar-refractivity contribution < 1.29 is 32.2 Å². The van der Waals surface area contributed by atoms with E-state index in [1.54, 1.807) is 19.1 Å². The van der Waals surface area contributed by atoms with E-state index in [1.807, 2.05) is 0 Å². The first-order valence-corrected chi connectivity index (χ1v) is 12.2. The van der Waals surface area contributed by atoms with Gasteiger partial charge in [-0.2, -0.15) is 16.9 Å². The van der Waals surface area contributed by atoms with Crippen molar-refractivity contribution >= 4 is 40.2 Å². The lowest BCUT2D eigenvalue weighted by Gasteiger charge is -2.23. The van der Waals surface area contributed by atoms with Gasteiger partial charge in [0.15, 0.2) is 11.5 Å². The van der Waals surface area contributed by atoms with E-state index in [-0.39, 0.29) is 35.5 Å². The van der Waals surface area contributed by atoms with E-state index in [4.69, 9.17) is 14.2 Å². The minimum atomic E-state index is -4.01. The van der Waals surface area contributed by atoms with Crippen LogP contribution in [0.5, 0.6) is 11.5 Å². The summed E-state index contributed by atoms with van der Waals surface area (Å²) in [6.07, 6.45) is 0.252. The van der Waals surface area contributed by atoms with Gasteiger partial charge < -0.3 is 19.5 Å². The minimum absolute atomic E-state index is 0.0147. The molecule has 1 saturated heterocycles. The van der Waals surface area contributed by atoms with Gasteiger partial charge in [-0.3, -0.25) is 4.79 Å². The number of nitrogens with zero attached hydrogens (tertiary/aromatic N) is 1. The Morgan fingerprint density at radius 2 is 1.76 bits per heavy atom. The third kappa shape index (κ3) is 5.43. The number of nitrogens with one attached hydrogen (secondary N) is 1. The van der Waals surface area contributed by atoms with Gasteiger partial charge in [0, 0.05) is 23.5 Å². The van der Waals surface area contributed by atoms with E-state index in [1.165, 1.54) is 44.6 Å². The molecular weight excluding hydrogens is 468 g/mol. The number of thiol groups is 1. The number of anilines is 1. The van der Waals surface area contributed by atoms with Crippen LogP contribution in [0.15, 0.2) is 47.4 Å². The van der Waals surface area contributed by atoms with E-state index in [0.717, 1.165) is 4.31 Å². The SMILES string of the molecule is CCOC(=O)c1ccc(NC(=O)[C@@H]2C[C@H](S)CN2S(=O)(=O)c2ccc(OC)c(OC)c2)cc1. The molecule has 178 valence electrons.